The van der Waals surface area contributed by atoms with E-state index in [1.807, 2.05) is 15.8 Å². The number of likely N-dealkylation sites (tertiary alicyclic amines) is 1. The SMILES string of the molecule is CCn1nc(C(=O)N2CCCC2)c2c1CCN(Cc1cn[nH]c1-c1ccc(F)cc1)C2. The number of rotatable bonds is 5. The van der Waals surface area contributed by atoms with Crippen molar-refractivity contribution in [2.45, 2.75) is 45.8 Å². The van der Waals surface area contributed by atoms with Crippen molar-refractivity contribution in [3.05, 3.63) is 58.8 Å². The summed E-state index contributed by atoms with van der Waals surface area (Å²) in [6.45, 7) is 6.79. The van der Waals surface area contributed by atoms with Crippen LogP contribution in [0.5, 0.6) is 0 Å². The molecular weight excluding hydrogens is 395 g/mol. The lowest BCUT2D eigenvalue weighted by atomic mass is 10.0. The van der Waals surface area contributed by atoms with E-state index in [4.69, 9.17) is 5.10 Å². The van der Waals surface area contributed by atoms with Crippen LogP contribution in [0.1, 0.15) is 47.1 Å². The Hall–Kier alpha value is -3.00. The molecule has 1 fully saturated rings. The Balaban J connectivity index is 1.39. The Morgan fingerprint density at radius 1 is 1.16 bits per heavy atom. The van der Waals surface area contributed by atoms with Gasteiger partial charge in [-0.2, -0.15) is 10.2 Å². The molecule has 8 heteroatoms. The van der Waals surface area contributed by atoms with E-state index < -0.39 is 0 Å². The third-order valence-corrected chi connectivity index (χ3v) is 6.35. The van der Waals surface area contributed by atoms with Crippen LogP contribution < -0.4 is 0 Å². The molecule has 3 aromatic rings. The van der Waals surface area contributed by atoms with Gasteiger partial charge in [0.1, 0.15) is 5.82 Å². The molecule has 1 N–H and O–H groups in total. The van der Waals surface area contributed by atoms with Crippen molar-refractivity contribution in [2.75, 3.05) is 19.6 Å². The Morgan fingerprint density at radius 2 is 1.94 bits per heavy atom. The van der Waals surface area contributed by atoms with Gasteiger partial charge in [-0.1, -0.05) is 0 Å². The second kappa shape index (κ2) is 8.26. The number of amides is 1. The van der Waals surface area contributed by atoms with E-state index in [9.17, 15) is 9.18 Å². The first-order chi connectivity index (χ1) is 15.1. The minimum Gasteiger partial charge on any atom is -0.337 e. The molecule has 2 aliphatic rings. The number of halogens is 1. The third-order valence-electron chi connectivity index (χ3n) is 6.35. The molecule has 0 spiro atoms. The molecule has 4 heterocycles. The molecule has 0 aliphatic carbocycles. The fraction of sp³-hybridized carbons (Fsp3) is 0.435. The maximum atomic E-state index is 13.3. The summed E-state index contributed by atoms with van der Waals surface area (Å²) in [6.07, 6.45) is 4.84. The van der Waals surface area contributed by atoms with Gasteiger partial charge in [0.05, 0.1) is 11.9 Å². The van der Waals surface area contributed by atoms with Crippen LogP contribution in [0.15, 0.2) is 30.5 Å². The number of carbonyl (C=O) groups excluding carboxylic acids is 1. The Labute approximate surface area is 180 Å². The van der Waals surface area contributed by atoms with Crippen LogP contribution in [0, 0.1) is 5.82 Å². The largest absolute Gasteiger partial charge is 0.337 e. The molecule has 1 aromatic carbocycles. The van der Waals surface area contributed by atoms with Gasteiger partial charge in [-0.25, -0.2) is 4.39 Å². The molecule has 2 aromatic heterocycles. The number of fused-ring (bicyclic) bond motifs is 1. The van der Waals surface area contributed by atoms with Gasteiger partial charge in [0.25, 0.3) is 5.91 Å². The zero-order chi connectivity index (χ0) is 21.4. The van der Waals surface area contributed by atoms with E-state index in [0.29, 0.717) is 18.8 Å². The summed E-state index contributed by atoms with van der Waals surface area (Å²) in [5.41, 5.74) is 5.75. The van der Waals surface area contributed by atoms with E-state index in [2.05, 4.69) is 22.0 Å². The number of aromatic amines is 1. The summed E-state index contributed by atoms with van der Waals surface area (Å²) in [5, 5.41) is 12.0. The van der Waals surface area contributed by atoms with Gasteiger partial charge in [0, 0.05) is 68.1 Å². The summed E-state index contributed by atoms with van der Waals surface area (Å²) in [6, 6.07) is 6.45. The number of carbonyl (C=O) groups is 1. The number of nitrogens with zero attached hydrogens (tertiary/aromatic N) is 5. The smallest absolute Gasteiger partial charge is 0.274 e. The third kappa shape index (κ3) is 3.76. The monoisotopic (exact) mass is 422 g/mol. The van der Waals surface area contributed by atoms with Crippen LogP contribution >= 0.6 is 0 Å². The molecular formula is C23H27FN6O. The molecule has 0 radical (unpaired) electrons. The maximum absolute atomic E-state index is 13.3. The van der Waals surface area contributed by atoms with Crippen LogP contribution in [-0.2, 0) is 26.1 Å². The number of nitrogens with one attached hydrogen (secondary N) is 1. The zero-order valence-corrected chi connectivity index (χ0v) is 17.8. The molecule has 2 aliphatic heterocycles. The van der Waals surface area contributed by atoms with Crippen molar-refractivity contribution < 1.29 is 9.18 Å². The van der Waals surface area contributed by atoms with Crippen LogP contribution in [-0.4, -0.2) is 55.3 Å². The average Bonchev–Trinajstić information content (AvgIpc) is 3.54. The van der Waals surface area contributed by atoms with Gasteiger partial charge >= 0.3 is 0 Å². The first-order valence-electron chi connectivity index (χ1n) is 11.0. The lowest BCUT2D eigenvalue weighted by Crippen LogP contribution is -2.33. The summed E-state index contributed by atoms with van der Waals surface area (Å²) < 4.78 is 15.3. The van der Waals surface area contributed by atoms with E-state index in [0.717, 1.165) is 67.8 Å². The number of aromatic nitrogens is 4. The molecule has 0 bridgehead atoms. The first-order valence-corrected chi connectivity index (χ1v) is 11.0. The number of benzene rings is 1. The zero-order valence-electron chi connectivity index (χ0n) is 17.8. The quantitative estimate of drug-likeness (QED) is 0.685. The highest BCUT2D eigenvalue weighted by atomic mass is 19.1. The van der Waals surface area contributed by atoms with E-state index >= 15 is 0 Å². The van der Waals surface area contributed by atoms with Crippen molar-refractivity contribution >= 4 is 5.91 Å². The highest BCUT2D eigenvalue weighted by Gasteiger charge is 2.31. The van der Waals surface area contributed by atoms with Gasteiger partial charge in [-0.3, -0.25) is 19.5 Å². The van der Waals surface area contributed by atoms with Crippen molar-refractivity contribution in [3.63, 3.8) is 0 Å². The van der Waals surface area contributed by atoms with Crippen LogP contribution in [0.4, 0.5) is 4.39 Å². The fourth-order valence-electron chi connectivity index (χ4n) is 4.72. The van der Waals surface area contributed by atoms with Gasteiger partial charge in [0.2, 0.25) is 0 Å². The molecule has 0 atom stereocenters. The topological polar surface area (TPSA) is 70.1 Å². The molecule has 1 amide bonds. The van der Waals surface area contributed by atoms with E-state index in [1.54, 1.807) is 12.1 Å². The Bertz CT molecular complexity index is 1080. The van der Waals surface area contributed by atoms with Gasteiger partial charge < -0.3 is 4.90 Å². The first kappa shape index (κ1) is 19.9. The van der Waals surface area contributed by atoms with Crippen LogP contribution in [0.3, 0.4) is 0 Å². The van der Waals surface area contributed by atoms with Crippen molar-refractivity contribution in [1.82, 2.24) is 29.8 Å². The second-order valence-corrected chi connectivity index (χ2v) is 8.33. The average molecular weight is 423 g/mol. The summed E-state index contributed by atoms with van der Waals surface area (Å²) in [7, 11) is 0. The van der Waals surface area contributed by atoms with Gasteiger partial charge in [-0.15, -0.1) is 0 Å². The summed E-state index contributed by atoms with van der Waals surface area (Å²) in [5.74, 6) is -0.186. The van der Waals surface area contributed by atoms with E-state index in [1.165, 1.54) is 17.8 Å². The number of H-pyrrole nitrogens is 1. The van der Waals surface area contributed by atoms with Crippen molar-refractivity contribution in [2.24, 2.45) is 0 Å². The maximum Gasteiger partial charge on any atom is 0.274 e. The molecule has 0 unspecified atom stereocenters. The highest BCUT2D eigenvalue weighted by molar-refractivity contribution is 5.94. The standard InChI is InChI=1S/C23H27FN6O/c1-2-30-20-9-12-28(15-19(20)22(27-30)23(31)29-10-3-4-11-29)14-17-13-25-26-21(17)16-5-7-18(24)8-6-16/h5-8,13H,2-4,9-12,14-15H2,1H3,(H,25,26). The van der Waals surface area contributed by atoms with Crippen molar-refractivity contribution in [1.29, 1.82) is 0 Å². The predicted octanol–water partition coefficient (Wildman–Crippen LogP) is 3.23. The fourth-order valence-corrected chi connectivity index (χ4v) is 4.72. The minimum atomic E-state index is -0.253. The normalized spacial score (nSPS) is 16.6. The summed E-state index contributed by atoms with van der Waals surface area (Å²) >= 11 is 0. The molecule has 5 rings (SSSR count). The lowest BCUT2D eigenvalue weighted by molar-refractivity contribution is 0.0783. The number of hydrogen-bond donors (Lipinski definition) is 1. The second-order valence-electron chi connectivity index (χ2n) is 8.33. The van der Waals surface area contributed by atoms with Crippen LogP contribution in [0.25, 0.3) is 11.3 Å². The Kier molecular flexibility index (Phi) is 5.31. The van der Waals surface area contributed by atoms with Crippen molar-refractivity contribution in [3.8, 4) is 11.3 Å². The molecule has 31 heavy (non-hydrogen) atoms. The highest BCUT2D eigenvalue weighted by Crippen LogP contribution is 2.28. The summed E-state index contributed by atoms with van der Waals surface area (Å²) in [4.78, 5) is 17.4. The number of aryl methyl sites for hydroxylation is 1. The lowest BCUT2D eigenvalue weighted by Gasteiger charge is -2.28. The van der Waals surface area contributed by atoms with Gasteiger partial charge in [-0.05, 0) is 44.0 Å². The molecule has 7 nitrogen and oxygen atoms in total. The molecule has 1 saturated heterocycles. The number of hydrogen-bond acceptors (Lipinski definition) is 4. The Morgan fingerprint density at radius 3 is 2.68 bits per heavy atom. The predicted molar refractivity (Wildman–Crippen MR) is 115 cm³/mol. The molecule has 0 saturated carbocycles. The van der Waals surface area contributed by atoms with Crippen LogP contribution in [0.2, 0.25) is 0 Å². The van der Waals surface area contributed by atoms with Gasteiger partial charge in [0.15, 0.2) is 5.69 Å². The van der Waals surface area contributed by atoms with E-state index in [-0.39, 0.29) is 11.7 Å². The minimum absolute atomic E-state index is 0.0677. The molecule has 162 valence electrons.